The SMILES string of the molecule is COc1cccc(C(CO)NC(=O)CN2Cc3ccc(-c4nc(NCC5CCC(=O)C5)ncc4Cl)cc3C2=O)c1. The third-order valence-corrected chi connectivity index (χ3v) is 7.53. The summed E-state index contributed by atoms with van der Waals surface area (Å²) in [5.74, 6) is 0.898. The van der Waals surface area contributed by atoms with Gasteiger partial charge in [0.15, 0.2) is 0 Å². The lowest BCUT2D eigenvalue weighted by molar-refractivity contribution is -0.123. The van der Waals surface area contributed by atoms with Crippen LogP contribution in [0.15, 0.2) is 48.7 Å². The summed E-state index contributed by atoms with van der Waals surface area (Å²) in [6.45, 7) is 0.428. The van der Waals surface area contributed by atoms with Gasteiger partial charge in [-0.1, -0.05) is 35.9 Å². The predicted molar refractivity (Wildman–Crippen MR) is 149 cm³/mol. The molecule has 1 aromatic heterocycles. The number of hydrogen-bond acceptors (Lipinski definition) is 8. The molecule has 2 atom stereocenters. The van der Waals surface area contributed by atoms with Gasteiger partial charge in [0.2, 0.25) is 11.9 Å². The van der Waals surface area contributed by atoms with E-state index in [1.165, 1.54) is 11.1 Å². The lowest BCUT2D eigenvalue weighted by Crippen LogP contribution is -2.40. The van der Waals surface area contributed by atoms with Crippen molar-refractivity contribution in [2.75, 3.05) is 32.1 Å². The molecule has 11 heteroatoms. The van der Waals surface area contributed by atoms with E-state index in [4.69, 9.17) is 16.3 Å². The van der Waals surface area contributed by atoms with Gasteiger partial charge in [-0.3, -0.25) is 14.4 Å². The molecule has 0 spiro atoms. The number of nitrogens with one attached hydrogen (secondary N) is 2. The quantitative estimate of drug-likeness (QED) is 0.342. The fraction of sp³-hybridized carbons (Fsp3) is 0.345. The van der Waals surface area contributed by atoms with Gasteiger partial charge in [0.1, 0.15) is 18.1 Å². The number of carbonyl (C=O) groups excluding carboxylic acids is 3. The van der Waals surface area contributed by atoms with Crippen LogP contribution in [0.3, 0.4) is 0 Å². The largest absolute Gasteiger partial charge is 0.497 e. The molecular weight excluding hydrogens is 534 g/mol. The van der Waals surface area contributed by atoms with Crippen molar-refractivity contribution in [3.8, 4) is 17.0 Å². The number of carbonyl (C=O) groups is 3. The molecule has 1 aliphatic carbocycles. The van der Waals surface area contributed by atoms with Gasteiger partial charge in [-0.15, -0.1) is 0 Å². The van der Waals surface area contributed by atoms with Crippen LogP contribution in [0.1, 0.15) is 46.8 Å². The summed E-state index contributed by atoms with van der Waals surface area (Å²) in [5.41, 5.74) is 3.11. The third-order valence-electron chi connectivity index (χ3n) is 7.25. The summed E-state index contributed by atoms with van der Waals surface area (Å²) < 4.78 is 5.23. The second-order valence-electron chi connectivity index (χ2n) is 10.0. The highest BCUT2D eigenvalue weighted by molar-refractivity contribution is 6.33. The van der Waals surface area contributed by atoms with Crippen LogP contribution in [0, 0.1) is 5.92 Å². The topological polar surface area (TPSA) is 134 Å². The highest BCUT2D eigenvalue weighted by Gasteiger charge is 2.30. The molecule has 0 radical (unpaired) electrons. The number of ether oxygens (including phenoxy) is 1. The van der Waals surface area contributed by atoms with Crippen LogP contribution in [0.5, 0.6) is 5.75 Å². The average Bonchev–Trinajstić information content (AvgIpc) is 3.52. The minimum absolute atomic E-state index is 0.157. The number of Topliss-reactive ketones (excluding diaryl/α,β-unsaturated/α-hetero) is 1. The minimum Gasteiger partial charge on any atom is -0.497 e. The Bertz CT molecular complexity index is 1450. The van der Waals surface area contributed by atoms with E-state index in [0.717, 1.165) is 12.0 Å². The molecular formula is C29H30ClN5O5. The zero-order chi connectivity index (χ0) is 28.2. The van der Waals surface area contributed by atoms with Crippen LogP contribution in [0.2, 0.25) is 5.02 Å². The number of benzene rings is 2. The fourth-order valence-corrected chi connectivity index (χ4v) is 5.30. The van der Waals surface area contributed by atoms with Crippen molar-refractivity contribution in [2.45, 2.75) is 31.8 Å². The van der Waals surface area contributed by atoms with Crippen LogP contribution in [0.4, 0.5) is 5.95 Å². The smallest absolute Gasteiger partial charge is 0.254 e. The van der Waals surface area contributed by atoms with Gasteiger partial charge in [0.25, 0.3) is 5.91 Å². The van der Waals surface area contributed by atoms with Crippen LogP contribution < -0.4 is 15.4 Å². The number of aliphatic hydroxyl groups is 1. The summed E-state index contributed by atoms with van der Waals surface area (Å²) in [6, 6.07) is 11.9. The Hall–Kier alpha value is -4.02. The Morgan fingerprint density at radius 2 is 2.10 bits per heavy atom. The Labute approximate surface area is 236 Å². The number of nitrogens with zero attached hydrogens (tertiary/aromatic N) is 3. The molecule has 2 unspecified atom stereocenters. The molecule has 2 amide bonds. The lowest BCUT2D eigenvalue weighted by atomic mass is 10.0. The fourth-order valence-electron chi connectivity index (χ4n) is 5.10. The lowest BCUT2D eigenvalue weighted by Gasteiger charge is -2.20. The molecule has 5 rings (SSSR count). The van der Waals surface area contributed by atoms with Gasteiger partial charge in [-0.25, -0.2) is 9.97 Å². The zero-order valence-corrected chi connectivity index (χ0v) is 22.8. The molecule has 2 heterocycles. The maximum atomic E-state index is 13.2. The molecule has 40 heavy (non-hydrogen) atoms. The van der Waals surface area contributed by atoms with Crippen molar-refractivity contribution in [3.05, 3.63) is 70.4 Å². The van der Waals surface area contributed by atoms with Crippen LogP contribution in [-0.4, -0.2) is 64.4 Å². The number of ketones is 1. The van der Waals surface area contributed by atoms with Gasteiger partial charge < -0.3 is 25.4 Å². The highest BCUT2D eigenvalue weighted by atomic mass is 35.5. The first-order valence-corrected chi connectivity index (χ1v) is 13.5. The number of amides is 2. The molecule has 10 nitrogen and oxygen atoms in total. The highest BCUT2D eigenvalue weighted by Crippen LogP contribution is 2.32. The van der Waals surface area contributed by atoms with Gasteiger partial charge >= 0.3 is 0 Å². The summed E-state index contributed by atoms with van der Waals surface area (Å²) in [6.07, 6.45) is 3.55. The normalized spacial score (nSPS) is 17.1. The third kappa shape index (κ3) is 6.08. The summed E-state index contributed by atoms with van der Waals surface area (Å²) in [5, 5.41) is 16.2. The molecule has 1 saturated carbocycles. The first kappa shape index (κ1) is 27.5. The minimum atomic E-state index is -0.633. The molecule has 1 fully saturated rings. The first-order chi connectivity index (χ1) is 19.3. The van der Waals surface area contributed by atoms with E-state index < -0.39 is 6.04 Å². The molecule has 1 aliphatic heterocycles. The molecule has 208 valence electrons. The molecule has 2 aromatic carbocycles. The van der Waals surface area contributed by atoms with E-state index in [2.05, 4.69) is 20.6 Å². The maximum Gasteiger partial charge on any atom is 0.254 e. The number of aliphatic hydroxyl groups excluding tert-OH is 1. The van der Waals surface area contributed by atoms with Gasteiger partial charge in [0, 0.05) is 37.1 Å². The van der Waals surface area contributed by atoms with E-state index in [1.807, 2.05) is 12.1 Å². The van der Waals surface area contributed by atoms with E-state index in [-0.39, 0.29) is 43.2 Å². The Morgan fingerprint density at radius 3 is 2.85 bits per heavy atom. The van der Waals surface area contributed by atoms with Crippen molar-refractivity contribution in [1.82, 2.24) is 20.2 Å². The summed E-state index contributed by atoms with van der Waals surface area (Å²) in [7, 11) is 1.55. The van der Waals surface area contributed by atoms with E-state index in [9.17, 15) is 19.5 Å². The molecule has 3 aromatic rings. The van der Waals surface area contributed by atoms with Crippen molar-refractivity contribution in [3.63, 3.8) is 0 Å². The molecule has 0 bridgehead atoms. The molecule has 0 saturated heterocycles. The van der Waals surface area contributed by atoms with E-state index >= 15 is 0 Å². The Kier molecular flexibility index (Phi) is 8.27. The zero-order valence-electron chi connectivity index (χ0n) is 22.0. The summed E-state index contributed by atoms with van der Waals surface area (Å²) >= 11 is 6.42. The second kappa shape index (κ2) is 12.0. The monoisotopic (exact) mass is 563 g/mol. The van der Waals surface area contributed by atoms with Gasteiger partial charge in [0.05, 0.1) is 36.7 Å². The Balaban J connectivity index is 1.25. The van der Waals surface area contributed by atoms with Crippen molar-refractivity contribution >= 4 is 35.1 Å². The maximum absolute atomic E-state index is 13.2. The van der Waals surface area contributed by atoms with Crippen molar-refractivity contribution in [1.29, 1.82) is 0 Å². The number of methoxy groups -OCH3 is 1. The number of fused-ring (bicyclic) bond motifs is 1. The van der Waals surface area contributed by atoms with Gasteiger partial charge in [-0.2, -0.15) is 0 Å². The van der Waals surface area contributed by atoms with Crippen molar-refractivity contribution in [2.24, 2.45) is 5.92 Å². The summed E-state index contributed by atoms with van der Waals surface area (Å²) in [4.78, 5) is 47.9. The average molecular weight is 564 g/mol. The van der Waals surface area contributed by atoms with E-state index in [1.54, 1.807) is 37.4 Å². The van der Waals surface area contributed by atoms with Gasteiger partial charge in [-0.05, 0) is 41.7 Å². The van der Waals surface area contributed by atoms with Crippen LogP contribution >= 0.6 is 11.6 Å². The Morgan fingerprint density at radius 1 is 1.25 bits per heavy atom. The molecule has 2 aliphatic rings. The second-order valence-corrected chi connectivity index (χ2v) is 10.4. The first-order valence-electron chi connectivity index (χ1n) is 13.1. The molecule has 3 N–H and O–H groups in total. The number of aromatic nitrogens is 2. The standard InChI is InChI=1S/C29H30ClN5O5/c1-40-22-4-2-3-18(10-22)25(16-36)33-26(38)15-35-14-20-7-6-19(11-23(20)28(35)39)27-24(30)13-32-29(34-27)31-12-17-5-8-21(37)9-17/h2-4,6-7,10-11,13,17,25,36H,5,8-9,12,14-16H2,1H3,(H,33,38)(H,31,32,34). The number of halogens is 1. The predicted octanol–water partition coefficient (Wildman–Crippen LogP) is 3.39. The number of hydrogen-bond donors (Lipinski definition) is 3. The van der Waals surface area contributed by atoms with E-state index in [0.29, 0.717) is 58.5 Å². The number of rotatable bonds is 10. The number of anilines is 1. The van der Waals surface area contributed by atoms with Crippen LogP contribution in [0.25, 0.3) is 11.3 Å². The van der Waals surface area contributed by atoms with Crippen molar-refractivity contribution < 1.29 is 24.2 Å². The van der Waals surface area contributed by atoms with Crippen LogP contribution in [-0.2, 0) is 16.1 Å².